The van der Waals surface area contributed by atoms with Crippen LogP contribution in [-0.2, 0) is 16.0 Å². The smallest absolute Gasteiger partial charge is 0.338 e. The quantitative estimate of drug-likeness (QED) is 0.655. The molecule has 7 heteroatoms. The molecule has 0 spiro atoms. The number of hydrogen-bond acceptors (Lipinski definition) is 5. The molecule has 142 valence electrons. The molecule has 0 N–H and O–H groups in total. The molecule has 1 aliphatic heterocycles. The van der Waals surface area contributed by atoms with Crippen molar-refractivity contribution >= 4 is 17.6 Å². The molecule has 0 unspecified atom stereocenters. The van der Waals surface area contributed by atoms with Crippen molar-refractivity contribution in [3.63, 3.8) is 0 Å². The van der Waals surface area contributed by atoms with E-state index in [1.54, 1.807) is 47.1 Å². The van der Waals surface area contributed by atoms with Crippen molar-refractivity contribution in [1.29, 1.82) is 0 Å². The molecule has 28 heavy (non-hydrogen) atoms. The van der Waals surface area contributed by atoms with Gasteiger partial charge in [-0.3, -0.25) is 4.79 Å². The molecule has 0 aliphatic carbocycles. The first-order valence-electron chi connectivity index (χ1n) is 9.19. The predicted molar refractivity (Wildman–Crippen MR) is 103 cm³/mol. The maximum Gasteiger partial charge on any atom is 0.338 e. The average molecular weight is 376 g/mol. The topological polar surface area (TPSA) is 77.3 Å². The first-order valence-corrected chi connectivity index (χ1v) is 9.19. The summed E-state index contributed by atoms with van der Waals surface area (Å²) in [5, 5.41) is 4.04. The summed E-state index contributed by atoms with van der Waals surface area (Å²) in [5.74, 6) is -0.740. The maximum atomic E-state index is 12.9. The lowest BCUT2D eigenvalue weighted by atomic mass is 10.0. The lowest BCUT2D eigenvalue weighted by Gasteiger charge is -2.31. The van der Waals surface area contributed by atoms with E-state index in [4.69, 9.17) is 4.74 Å². The number of amides is 1. The minimum absolute atomic E-state index is 0.209. The third-order valence-corrected chi connectivity index (χ3v) is 4.79. The molecule has 0 fully saturated rings. The second kappa shape index (κ2) is 7.64. The normalized spacial score (nSPS) is 14.2. The Morgan fingerprint density at radius 3 is 2.64 bits per heavy atom. The van der Waals surface area contributed by atoms with E-state index in [1.807, 2.05) is 24.3 Å². The van der Waals surface area contributed by atoms with Crippen LogP contribution in [0.4, 0.5) is 5.69 Å². The molecule has 1 aliphatic rings. The van der Waals surface area contributed by atoms with E-state index in [0.717, 1.165) is 29.8 Å². The highest BCUT2D eigenvalue weighted by Crippen LogP contribution is 2.27. The lowest BCUT2D eigenvalue weighted by molar-refractivity contribution is -0.126. The molecular weight excluding hydrogens is 356 g/mol. The van der Waals surface area contributed by atoms with Gasteiger partial charge in [0.05, 0.1) is 11.3 Å². The van der Waals surface area contributed by atoms with Crippen molar-refractivity contribution in [3.8, 4) is 5.69 Å². The van der Waals surface area contributed by atoms with E-state index in [2.05, 4.69) is 10.1 Å². The largest absolute Gasteiger partial charge is 0.449 e. The van der Waals surface area contributed by atoms with E-state index >= 15 is 0 Å². The van der Waals surface area contributed by atoms with Gasteiger partial charge in [0.2, 0.25) is 0 Å². The fraction of sp³-hybridized carbons (Fsp3) is 0.238. The summed E-state index contributed by atoms with van der Waals surface area (Å²) in [7, 11) is 0. The molecule has 0 saturated heterocycles. The Balaban J connectivity index is 1.44. The minimum atomic E-state index is -0.867. The number of para-hydroxylation sites is 1. The van der Waals surface area contributed by atoms with Gasteiger partial charge in [-0.15, -0.1) is 0 Å². The van der Waals surface area contributed by atoms with Crippen LogP contribution in [0.3, 0.4) is 0 Å². The number of aromatic nitrogens is 3. The van der Waals surface area contributed by atoms with Crippen molar-refractivity contribution in [2.45, 2.75) is 25.9 Å². The molecule has 4 rings (SSSR count). The third-order valence-electron chi connectivity index (χ3n) is 4.79. The zero-order valence-corrected chi connectivity index (χ0v) is 15.5. The number of ether oxygens (including phenoxy) is 1. The van der Waals surface area contributed by atoms with Crippen LogP contribution in [0.15, 0.2) is 61.2 Å². The van der Waals surface area contributed by atoms with Crippen molar-refractivity contribution in [3.05, 3.63) is 72.3 Å². The van der Waals surface area contributed by atoms with Gasteiger partial charge in [0.15, 0.2) is 6.10 Å². The monoisotopic (exact) mass is 376 g/mol. The average Bonchev–Trinajstić information content (AvgIpc) is 3.28. The van der Waals surface area contributed by atoms with Gasteiger partial charge in [0, 0.05) is 12.2 Å². The Bertz CT molecular complexity index is 983. The molecule has 7 nitrogen and oxygen atoms in total. The second-order valence-electron chi connectivity index (χ2n) is 6.66. The van der Waals surface area contributed by atoms with Crippen LogP contribution in [0.2, 0.25) is 0 Å². The summed E-state index contributed by atoms with van der Waals surface area (Å²) >= 11 is 0. The van der Waals surface area contributed by atoms with Gasteiger partial charge in [0.1, 0.15) is 12.7 Å². The molecule has 1 aromatic heterocycles. The highest BCUT2D eigenvalue weighted by atomic mass is 16.5. The predicted octanol–water partition coefficient (Wildman–Crippen LogP) is 2.79. The third kappa shape index (κ3) is 3.51. The minimum Gasteiger partial charge on any atom is -0.449 e. The number of benzene rings is 2. The molecule has 0 radical (unpaired) electrons. The number of carbonyl (C=O) groups excluding carboxylic acids is 2. The molecule has 2 aromatic carbocycles. The summed E-state index contributed by atoms with van der Waals surface area (Å²) in [6.45, 7) is 2.24. The first kappa shape index (κ1) is 17.9. The molecule has 1 atom stereocenters. The Labute approximate surface area is 162 Å². The number of nitrogens with zero attached hydrogens (tertiary/aromatic N) is 4. The van der Waals surface area contributed by atoms with Crippen molar-refractivity contribution < 1.29 is 14.3 Å². The highest BCUT2D eigenvalue weighted by Gasteiger charge is 2.28. The number of hydrogen-bond donors (Lipinski definition) is 0. The fourth-order valence-electron chi connectivity index (χ4n) is 3.35. The van der Waals surface area contributed by atoms with Crippen LogP contribution in [-0.4, -0.2) is 39.3 Å². The van der Waals surface area contributed by atoms with E-state index in [9.17, 15) is 9.59 Å². The lowest BCUT2D eigenvalue weighted by Crippen LogP contribution is -2.42. The summed E-state index contributed by atoms with van der Waals surface area (Å²) in [4.78, 5) is 30.9. The Morgan fingerprint density at radius 1 is 1.11 bits per heavy atom. The molecule has 1 amide bonds. The van der Waals surface area contributed by atoms with Gasteiger partial charge in [-0.2, -0.15) is 5.10 Å². The Morgan fingerprint density at radius 2 is 1.89 bits per heavy atom. The summed E-state index contributed by atoms with van der Waals surface area (Å²) in [6, 6.07) is 14.6. The second-order valence-corrected chi connectivity index (χ2v) is 6.66. The standard InChI is InChI=1S/C21H20N4O3/c1-15(20(26)24-12-4-6-16-5-2-3-7-19(16)24)28-21(27)17-8-10-18(11-9-17)25-14-22-13-23-25/h2-3,5,7-11,13-15H,4,6,12H2,1H3/t15-/m1/s1. The van der Waals surface area contributed by atoms with Crippen molar-refractivity contribution in [2.24, 2.45) is 0 Å². The van der Waals surface area contributed by atoms with E-state index in [1.165, 1.54) is 6.33 Å². The van der Waals surface area contributed by atoms with Crippen LogP contribution in [0, 0.1) is 0 Å². The van der Waals surface area contributed by atoms with E-state index < -0.39 is 12.1 Å². The number of anilines is 1. The summed E-state index contributed by atoms with van der Waals surface area (Å²) in [5.41, 5.74) is 3.20. The van der Waals surface area contributed by atoms with E-state index in [0.29, 0.717) is 12.1 Å². The summed E-state index contributed by atoms with van der Waals surface area (Å²) in [6.07, 6.45) is 3.99. The van der Waals surface area contributed by atoms with Crippen LogP contribution in [0.5, 0.6) is 0 Å². The van der Waals surface area contributed by atoms with Gasteiger partial charge in [-0.25, -0.2) is 14.5 Å². The number of fused-ring (bicyclic) bond motifs is 1. The molecule has 2 heterocycles. The van der Waals surface area contributed by atoms with Gasteiger partial charge in [0.25, 0.3) is 5.91 Å². The number of aryl methyl sites for hydroxylation is 1. The highest BCUT2D eigenvalue weighted by molar-refractivity contribution is 5.99. The van der Waals surface area contributed by atoms with Crippen LogP contribution < -0.4 is 4.90 Å². The van der Waals surface area contributed by atoms with Gasteiger partial charge in [-0.1, -0.05) is 18.2 Å². The summed E-state index contributed by atoms with van der Waals surface area (Å²) < 4.78 is 7.02. The zero-order chi connectivity index (χ0) is 19.5. The van der Waals surface area contributed by atoms with Crippen LogP contribution in [0.1, 0.15) is 29.3 Å². The SMILES string of the molecule is C[C@@H](OC(=O)c1ccc(-n2cncn2)cc1)C(=O)N1CCCc2ccccc21. The number of carbonyl (C=O) groups is 2. The van der Waals surface area contributed by atoms with Crippen LogP contribution in [0.25, 0.3) is 5.69 Å². The first-order chi connectivity index (χ1) is 13.6. The van der Waals surface area contributed by atoms with Gasteiger partial charge < -0.3 is 9.64 Å². The Kier molecular flexibility index (Phi) is 4.89. The Hall–Kier alpha value is -3.48. The fourth-order valence-corrected chi connectivity index (χ4v) is 3.35. The molecular formula is C21H20N4O3. The van der Waals surface area contributed by atoms with Gasteiger partial charge >= 0.3 is 5.97 Å². The molecule has 0 saturated carbocycles. The zero-order valence-electron chi connectivity index (χ0n) is 15.5. The van der Waals surface area contributed by atoms with Crippen molar-refractivity contribution in [1.82, 2.24) is 14.8 Å². The molecule has 0 bridgehead atoms. The van der Waals surface area contributed by atoms with Crippen LogP contribution >= 0.6 is 0 Å². The number of esters is 1. The van der Waals surface area contributed by atoms with Crippen molar-refractivity contribution in [2.75, 3.05) is 11.4 Å². The van der Waals surface area contributed by atoms with Gasteiger partial charge in [-0.05, 0) is 55.7 Å². The number of rotatable bonds is 4. The maximum absolute atomic E-state index is 12.9. The van der Waals surface area contributed by atoms with E-state index in [-0.39, 0.29) is 5.91 Å². The molecule has 3 aromatic rings.